The fraction of sp³-hybridized carbons (Fsp3) is 0.522. The maximum atomic E-state index is 13.1. The molecule has 0 spiro atoms. The number of likely N-dealkylation sites (tertiary alicyclic amines) is 1. The van der Waals surface area contributed by atoms with Gasteiger partial charge in [-0.15, -0.1) is 10.2 Å². The van der Waals surface area contributed by atoms with Crippen molar-refractivity contribution in [1.82, 2.24) is 20.4 Å². The molecule has 1 aromatic carbocycles. The second kappa shape index (κ2) is 9.98. The molecular weight excluding hydrogens is 381 g/mol. The second-order valence-corrected chi connectivity index (χ2v) is 8.26. The Morgan fingerprint density at radius 2 is 1.80 bits per heavy atom. The van der Waals surface area contributed by atoms with E-state index in [2.05, 4.69) is 25.3 Å². The molecular formula is C23H30FN5O. The van der Waals surface area contributed by atoms with Crippen LogP contribution in [0.5, 0.6) is 0 Å². The number of rotatable bonds is 6. The predicted octanol–water partition coefficient (Wildman–Crippen LogP) is 3.10. The minimum Gasteiger partial charge on any atom is -0.355 e. The number of nitrogens with one attached hydrogen (secondary N) is 1. The third kappa shape index (κ3) is 5.33. The number of nitrogens with zero attached hydrogens (tertiary/aromatic N) is 4. The summed E-state index contributed by atoms with van der Waals surface area (Å²) in [5, 5.41) is 11.8. The molecule has 2 saturated heterocycles. The molecule has 160 valence electrons. The van der Waals surface area contributed by atoms with Crippen molar-refractivity contribution in [1.29, 1.82) is 0 Å². The summed E-state index contributed by atoms with van der Waals surface area (Å²) in [5.74, 6) is 0.648. The van der Waals surface area contributed by atoms with Crippen LogP contribution >= 0.6 is 0 Å². The molecule has 2 aliphatic rings. The Morgan fingerprint density at radius 1 is 1.00 bits per heavy atom. The van der Waals surface area contributed by atoms with Crippen molar-refractivity contribution in [2.45, 2.75) is 32.1 Å². The van der Waals surface area contributed by atoms with Crippen molar-refractivity contribution in [3.63, 3.8) is 0 Å². The smallest absolute Gasteiger partial charge is 0.224 e. The van der Waals surface area contributed by atoms with Crippen LogP contribution in [0, 0.1) is 11.7 Å². The molecule has 4 rings (SSSR count). The van der Waals surface area contributed by atoms with Gasteiger partial charge in [-0.2, -0.15) is 0 Å². The van der Waals surface area contributed by atoms with Crippen LogP contribution in [0.4, 0.5) is 10.2 Å². The number of hydrogen-bond acceptors (Lipinski definition) is 5. The van der Waals surface area contributed by atoms with Crippen LogP contribution in [-0.4, -0.2) is 60.3 Å². The molecule has 0 radical (unpaired) electrons. The average molecular weight is 412 g/mol. The number of benzene rings is 1. The van der Waals surface area contributed by atoms with E-state index in [1.165, 1.54) is 31.4 Å². The number of hydrogen-bond donors (Lipinski definition) is 1. The summed E-state index contributed by atoms with van der Waals surface area (Å²) in [5.41, 5.74) is 1.54. The van der Waals surface area contributed by atoms with Gasteiger partial charge < -0.3 is 15.1 Å². The van der Waals surface area contributed by atoms with Crippen molar-refractivity contribution >= 4 is 11.7 Å². The maximum absolute atomic E-state index is 13.1. The van der Waals surface area contributed by atoms with Crippen molar-refractivity contribution < 1.29 is 9.18 Å². The van der Waals surface area contributed by atoms with Crippen LogP contribution < -0.4 is 10.2 Å². The van der Waals surface area contributed by atoms with Crippen LogP contribution in [0.25, 0.3) is 11.3 Å². The molecule has 0 saturated carbocycles. The molecule has 3 heterocycles. The van der Waals surface area contributed by atoms with Crippen LogP contribution in [-0.2, 0) is 4.79 Å². The van der Waals surface area contributed by atoms with E-state index in [0.717, 1.165) is 56.9 Å². The fourth-order valence-corrected chi connectivity index (χ4v) is 4.33. The number of anilines is 1. The van der Waals surface area contributed by atoms with Crippen LogP contribution in [0.15, 0.2) is 36.4 Å². The first-order valence-electron chi connectivity index (χ1n) is 11.0. The topological polar surface area (TPSA) is 61.4 Å². The van der Waals surface area contributed by atoms with E-state index in [1.54, 1.807) is 12.1 Å². The highest BCUT2D eigenvalue weighted by Gasteiger charge is 2.26. The molecule has 2 aliphatic heterocycles. The van der Waals surface area contributed by atoms with Gasteiger partial charge >= 0.3 is 0 Å². The zero-order valence-electron chi connectivity index (χ0n) is 17.4. The summed E-state index contributed by atoms with van der Waals surface area (Å²) < 4.78 is 13.1. The Balaban J connectivity index is 1.29. The highest BCUT2D eigenvalue weighted by molar-refractivity contribution is 5.79. The molecule has 30 heavy (non-hydrogen) atoms. The van der Waals surface area contributed by atoms with Crippen LogP contribution in [0.1, 0.15) is 32.1 Å². The van der Waals surface area contributed by atoms with Gasteiger partial charge in [-0.3, -0.25) is 4.79 Å². The zero-order valence-corrected chi connectivity index (χ0v) is 17.4. The van der Waals surface area contributed by atoms with Crippen LogP contribution in [0.3, 0.4) is 0 Å². The lowest BCUT2D eigenvalue weighted by atomic mass is 9.97. The molecule has 6 nitrogen and oxygen atoms in total. The molecule has 7 heteroatoms. The normalized spacial score (nSPS) is 20.2. The van der Waals surface area contributed by atoms with Gasteiger partial charge in [-0.05, 0) is 75.2 Å². The van der Waals surface area contributed by atoms with Gasteiger partial charge in [-0.25, -0.2) is 4.39 Å². The monoisotopic (exact) mass is 411 g/mol. The number of aromatic nitrogens is 2. The molecule has 0 unspecified atom stereocenters. The summed E-state index contributed by atoms with van der Waals surface area (Å²) in [4.78, 5) is 17.2. The Bertz CT molecular complexity index is 820. The standard InChI is InChI=1S/C23H30FN5O/c24-20-8-6-18(7-9-20)21-10-11-22(27-26-21)29-15-4-5-19(17-29)23(30)25-12-16-28-13-2-1-3-14-28/h6-11,19H,1-5,12-17H2,(H,25,30)/t19-/m0/s1. The van der Waals surface area contributed by atoms with E-state index < -0.39 is 0 Å². The fourth-order valence-electron chi connectivity index (χ4n) is 4.33. The second-order valence-electron chi connectivity index (χ2n) is 8.26. The maximum Gasteiger partial charge on any atom is 0.224 e. The minimum absolute atomic E-state index is 0.0151. The van der Waals surface area contributed by atoms with Gasteiger partial charge in [0.2, 0.25) is 5.91 Å². The zero-order chi connectivity index (χ0) is 20.8. The predicted molar refractivity (Wildman–Crippen MR) is 116 cm³/mol. The lowest BCUT2D eigenvalue weighted by Gasteiger charge is -2.33. The van der Waals surface area contributed by atoms with E-state index in [4.69, 9.17) is 0 Å². The first-order valence-corrected chi connectivity index (χ1v) is 11.0. The number of halogens is 1. The summed E-state index contributed by atoms with van der Waals surface area (Å²) in [7, 11) is 0. The highest BCUT2D eigenvalue weighted by Crippen LogP contribution is 2.23. The summed E-state index contributed by atoms with van der Waals surface area (Å²) in [6, 6.07) is 10.1. The first-order chi connectivity index (χ1) is 14.7. The van der Waals surface area contributed by atoms with E-state index in [1.807, 2.05) is 12.1 Å². The van der Waals surface area contributed by atoms with Crippen LogP contribution in [0.2, 0.25) is 0 Å². The number of piperidine rings is 2. The molecule has 2 fully saturated rings. The van der Waals surface area contributed by atoms with Crippen molar-refractivity contribution in [2.24, 2.45) is 5.92 Å². The molecule has 1 N–H and O–H groups in total. The summed E-state index contributed by atoms with van der Waals surface area (Å²) >= 11 is 0. The SMILES string of the molecule is O=C(NCCN1CCCCC1)[C@H]1CCCN(c2ccc(-c3ccc(F)cc3)nn2)C1. The quantitative estimate of drug-likeness (QED) is 0.792. The Kier molecular flexibility index (Phi) is 6.89. The molecule has 2 aromatic rings. The Hall–Kier alpha value is -2.54. The van der Waals surface area contributed by atoms with Crippen molar-refractivity contribution in [3.8, 4) is 11.3 Å². The van der Waals surface area contributed by atoms with Gasteiger partial charge in [0.15, 0.2) is 5.82 Å². The van der Waals surface area contributed by atoms with Gasteiger partial charge in [0.25, 0.3) is 0 Å². The third-order valence-corrected chi connectivity index (χ3v) is 6.08. The van der Waals surface area contributed by atoms with E-state index in [0.29, 0.717) is 12.2 Å². The van der Waals surface area contributed by atoms with Crippen molar-refractivity contribution in [2.75, 3.05) is 44.2 Å². The third-order valence-electron chi connectivity index (χ3n) is 6.08. The molecule has 1 aromatic heterocycles. The van der Waals surface area contributed by atoms with Gasteiger partial charge in [-0.1, -0.05) is 6.42 Å². The van der Waals surface area contributed by atoms with E-state index in [-0.39, 0.29) is 17.6 Å². The van der Waals surface area contributed by atoms with Gasteiger partial charge in [0.1, 0.15) is 5.82 Å². The lowest BCUT2D eigenvalue weighted by molar-refractivity contribution is -0.125. The van der Waals surface area contributed by atoms with Crippen molar-refractivity contribution in [3.05, 3.63) is 42.2 Å². The number of amides is 1. The minimum atomic E-state index is -0.267. The summed E-state index contributed by atoms with van der Waals surface area (Å²) in [6.07, 6.45) is 5.74. The summed E-state index contributed by atoms with van der Waals surface area (Å²) in [6.45, 7) is 5.52. The Labute approximate surface area is 177 Å². The molecule has 0 aliphatic carbocycles. The average Bonchev–Trinajstić information content (AvgIpc) is 2.80. The molecule has 1 atom stereocenters. The molecule has 1 amide bonds. The molecule has 0 bridgehead atoms. The van der Waals surface area contributed by atoms with Gasteiger partial charge in [0, 0.05) is 31.7 Å². The Morgan fingerprint density at radius 3 is 2.53 bits per heavy atom. The van der Waals surface area contributed by atoms with Gasteiger partial charge in [0.05, 0.1) is 11.6 Å². The van der Waals surface area contributed by atoms with E-state index >= 15 is 0 Å². The first kappa shape index (κ1) is 20.7. The highest BCUT2D eigenvalue weighted by atomic mass is 19.1. The largest absolute Gasteiger partial charge is 0.355 e. The van der Waals surface area contributed by atoms with E-state index in [9.17, 15) is 9.18 Å². The number of carbonyl (C=O) groups is 1. The lowest BCUT2D eigenvalue weighted by Crippen LogP contribution is -2.45. The number of carbonyl (C=O) groups excluding carboxylic acids is 1.